The van der Waals surface area contributed by atoms with E-state index in [1.165, 1.54) is 17.2 Å². The Labute approximate surface area is 134 Å². The summed E-state index contributed by atoms with van der Waals surface area (Å²) in [5.74, 6) is 0.504. The van der Waals surface area contributed by atoms with E-state index in [1.807, 2.05) is 4.90 Å². The van der Waals surface area contributed by atoms with Crippen molar-refractivity contribution in [3.8, 4) is 0 Å². The summed E-state index contributed by atoms with van der Waals surface area (Å²) in [6.45, 7) is 3.77. The maximum atomic E-state index is 12.6. The van der Waals surface area contributed by atoms with E-state index in [0.717, 1.165) is 19.5 Å². The number of aromatic amines is 1. The molecule has 3 rings (SSSR count). The second kappa shape index (κ2) is 6.11. The van der Waals surface area contributed by atoms with Crippen LogP contribution in [0.1, 0.15) is 13.3 Å². The molecule has 3 heterocycles. The molecule has 1 aliphatic rings. The van der Waals surface area contributed by atoms with E-state index < -0.39 is 0 Å². The Balaban J connectivity index is 1.77. The monoisotopic (exact) mass is 318 g/mol. The first-order valence-corrected chi connectivity index (χ1v) is 7.84. The van der Waals surface area contributed by atoms with Crippen LogP contribution < -0.4 is 5.56 Å². The normalized spacial score (nSPS) is 21.5. The Morgan fingerprint density at radius 3 is 2.87 bits per heavy atom. The van der Waals surface area contributed by atoms with Gasteiger partial charge in [-0.05, 0) is 20.0 Å². The second-order valence-corrected chi connectivity index (χ2v) is 6.27. The van der Waals surface area contributed by atoms with Gasteiger partial charge in [-0.2, -0.15) is 5.10 Å². The largest absolute Gasteiger partial charge is 0.339 e. The molecule has 0 radical (unpaired) electrons. The fraction of sp³-hybridized carbons (Fsp3) is 0.600. The van der Waals surface area contributed by atoms with Crippen LogP contribution in [0.5, 0.6) is 0 Å². The van der Waals surface area contributed by atoms with Gasteiger partial charge in [0, 0.05) is 19.1 Å². The summed E-state index contributed by atoms with van der Waals surface area (Å²) in [5.41, 5.74) is 0.200. The quantitative estimate of drug-likeness (QED) is 0.852. The minimum Gasteiger partial charge on any atom is -0.339 e. The van der Waals surface area contributed by atoms with Crippen molar-refractivity contribution in [2.45, 2.75) is 25.9 Å². The van der Waals surface area contributed by atoms with E-state index in [9.17, 15) is 9.59 Å². The smallest absolute Gasteiger partial charge is 0.261 e. The number of fused-ring (bicyclic) bond motifs is 1. The van der Waals surface area contributed by atoms with Gasteiger partial charge in [-0.15, -0.1) is 0 Å². The molecule has 0 unspecified atom stereocenters. The molecule has 1 amide bonds. The van der Waals surface area contributed by atoms with E-state index in [0.29, 0.717) is 23.0 Å². The third-order valence-electron chi connectivity index (χ3n) is 4.67. The first-order valence-electron chi connectivity index (χ1n) is 7.84. The number of likely N-dealkylation sites (tertiary alicyclic amines) is 1. The lowest BCUT2D eigenvalue weighted by atomic mass is 10.0. The Bertz CT molecular complexity index is 765. The Morgan fingerprint density at radius 2 is 2.22 bits per heavy atom. The van der Waals surface area contributed by atoms with E-state index >= 15 is 0 Å². The van der Waals surface area contributed by atoms with Crippen molar-refractivity contribution in [3.63, 3.8) is 0 Å². The zero-order chi connectivity index (χ0) is 16.6. The first kappa shape index (κ1) is 15.7. The summed E-state index contributed by atoms with van der Waals surface area (Å²) in [4.78, 5) is 35.0. The summed E-state index contributed by atoms with van der Waals surface area (Å²) >= 11 is 0. The van der Waals surface area contributed by atoms with E-state index in [2.05, 4.69) is 41.0 Å². The molecule has 2 aromatic heterocycles. The standard InChI is InChI=1S/C15H22N6O2/c1-4-10-6-20(7-12(10)19(2)3)13(22)8-21-14-11(5-18-21)15(23)17-9-16-14/h5,9-10,12H,4,6-8H2,1-3H3,(H,16,17,23)/t10-,12+/m1/s1. The summed E-state index contributed by atoms with van der Waals surface area (Å²) in [5, 5.41) is 4.54. The van der Waals surface area contributed by atoms with Gasteiger partial charge in [0.05, 0.1) is 12.5 Å². The van der Waals surface area contributed by atoms with Crippen molar-refractivity contribution < 1.29 is 4.79 Å². The molecule has 0 spiro atoms. The Hall–Kier alpha value is -2.22. The maximum Gasteiger partial charge on any atom is 0.261 e. The number of rotatable bonds is 4. The van der Waals surface area contributed by atoms with Crippen LogP contribution in [0.2, 0.25) is 0 Å². The van der Waals surface area contributed by atoms with Crippen LogP contribution in [0.25, 0.3) is 11.0 Å². The van der Waals surface area contributed by atoms with Gasteiger partial charge in [0.25, 0.3) is 5.56 Å². The van der Waals surface area contributed by atoms with Crippen molar-refractivity contribution in [1.29, 1.82) is 0 Å². The molecule has 0 saturated carbocycles. The third-order valence-corrected chi connectivity index (χ3v) is 4.67. The molecule has 0 bridgehead atoms. The van der Waals surface area contributed by atoms with Crippen molar-refractivity contribution in [1.82, 2.24) is 29.5 Å². The van der Waals surface area contributed by atoms with Gasteiger partial charge in [0.15, 0.2) is 5.65 Å². The first-order chi connectivity index (χ1) is 11.0. The zero-order valence-electron chi connectivity index (χ0n) is 13.7. The molecular formula is C15H22N6O2. The molecule has 0 aliphatic carbocycles. The highest BCUT2D eigenvalue weighted by molar-refractivity contribution is 5.79. The van der Waals surface area contributed by atoms with Gasteiger partial charge < -0.3 is 14.8 Å². The summed E-state index contributed by atoms with van der Waals surface area (Å²) in [6.07, 6.45) is 3.84. The fourth-order valence-electron chi connectivity index (χ4n) is 3.29. The molecule has 1 fully saturated rings. The van der Waals surface area contributed by atoms with Gasteiger partial charge in [0.2, 0.25) is 5.91 Å². The molecule has 8 nitrogen and oxygen atoms in total. The van der Waals surface area contributed by atoms with Crippen molar-refractivity contribution in [3.05, 3.63) is 22.9 Å². The van der Waals surface area contributed by atoms with Gasteiger partial charge in [-0.3, -0.25) is 9.59 Å². The average molecular weight is 318 g/mol. The molecule has 2 atom stereocenters. The lowest BCUT2D eigenvalue weighted by molar-refractivity contribution is -0.131. The van der Waals surface area contributed by atoms with Crippen LogP contribution in [-0.2, 0) is 11.3 Å². The van der Waals surface area contributed by atoms with Gasteiger partial charge >= 0.3 is 0 Å². The van der Waals surface area contributed by atoms with E-state index in [1.54, 1.807) is 0 Å². The van der Waals surface area contributed by atoms with Crippen LogP contribution in [0.4, 0.5) is 0 Å². The number of nitrogens with one attached hydrogen (secondary N) is 1. The van der Waals surface area contributed by atoms with E-state index in [-0.39, 0.29) is 18.0 Å². The fourth-order valence-corrected chi connectivity index (χ4v) is 3.29. The van der Waals surface area contributed by atoms with Crippen molar-refractivity contribution in [2.75, 3.05) is 27.2 Å². The molecule has 8 heteroatoms. The minimum atomic E-state index is -0.242. The number of carbonyl (C=O) groups excluding carboxylic acids is 1. The third kappa shape index (κ3) is 2.86. The Kier molecular flexibility index (Phi) is 4.16. The van der Waals surface area contributed by atoms with Crippen LogP contribution in [0.15, 0.2) is 17.3 Å². The molecule has 1 saturated heterocycles. The van der Waals surface area contributed by atoms with Gasteiger partial charge in [-0.25, -0.2) is 9.67 Å². The maximum absolute atomic E-state index is 12.6. The SMILES string of the molecule is CC[C@@H]1CN(C(=O)Cn2ncc3c(=O)[nH]cnc32)C[C@@H]1N(C)C. The lowest BCUT2D eigenvalue weighted by Gasteiger charge is -2.23. The highest BCUT2D eigenvalue weighted by Gasteiger charge is 2.35. The molecule has 0 aromatic carbocycles. The number of aromatic nitrogens is 4. The number of H-pyrrole nitrogens is 1. The molecule has 23 heavy (non-hydrogen) atoms. The zero-order valence-corrected chi connectivity index (χ0v) is 13.7. The predicted octanol–water partition coefficient (Wildman–Crippen LogP) is -0.0818. The van der Waals surface area contributed by atoms with Crippen LogP contribution in [0.3, 0.4) is 0 Å². The number of hydrogen-bond acceptors (Lipinski definition) is 5. The van der Waals surface area contributed by atoms with Gasteiger partial charge in [0.1, 0.15) is 11.9 Å². The number of amides is 1. The summed E-state index contributed by atoms with van der Waals surface area (Å²) in [7, 11) is 4.11. The number of nitrogens with zero attached hydrogens (tertiary/aromatic N) is 5. The second-order valence-electron chi connectivity index (χ2n) is 6.27. The van der Waals surface area contributed by atoms with Crippen LogP contribution in [0, 0.1) is 5.92 Å². The van der Waals surface area contributed by atoms with Crippen molar-refractivity contribution in [2.24, 2.45) is 5.92 Å². The molecule has 1 N–H and O–H groups in total. The van der Waals surface area contributed by atoms with Gasteiger partial charge in [-0.1, -0.05) is 13.3 Å². The minimum absolute atomic E-state index is 0.0138. The van der Waals surface area contributed by atoms with Crippen LogP contribution >= 0.6 is 0 Å². The molecule has 124 valence electrons. The summed E-state index contributed by atoms with van der Waals surface area (Å²) in [6, 6.07) is 0.388. The van der Waals surface area contributed by atoms with Crippen LogP contribution in [-0.4, -0.2) is 68.7 Å². The Morgan fingerprint density at radius 1 is 1.43 bits per heavy atom. The number of likely N-dealkylation sites (N-methyl/N-ethyl adjacent to an activating group) is 1. The number of hydrogen-bond donors (Lipinski definition) is 1. The average Bonchev–Trinajstić information content (AvgIpc) is 3.12. The molecular weight excluding hydrogens is 296 g/mol. The number of carbonyl (C=O) groups is 1. The highest BCUT2D eigenvalue weighted by Crippen LogP contribution is 2.23. The molecule has 1 aliphatic heterocycles. The predicted molar refractivity (Wildman–Crippen MR) is 86.0 cm³/mol. The molecule has 2 aromatic rings. The lowest BCUT2D eigenvalue weighted by Crippen LogP contribution is -2.37. The summed E-state index contributed by atoms with van der Waals surface area (Å²) < 4.78 is 1.50. The highest BCUT2D eigenvalue weighted by atomic mass is 16.2. The van der Waals surface area contributed by atoms with Crippen molar-refractivity contribution >= 4 is 16.9 Å². The topological polar surface area (TPSA) is 87.1 Å². The van der Waals surface area contributed by atoms with E-state index in [4.69, 9.17) is 0 Å².